The van der Waals surface area contributed by atoms with Crippen molar-refractivity contribution in [1.82, 2.24) is 0 Å². The van der Waals surface area contributed by atoms with Crippen LogP contribution in [0.4, 0.5) is 0 Å². The van der Waals surface area contributed by atoms with E-state index < -0.39 is 0 Å². The molecule has 0 N–H and O–H groups in total. The predicted octanol–water partition coefficient (Wildman–Crippen LogP) is 6.59. The Balaban J connectivity index is 1.56. The molecule has 0 aliphatic carbocycles. The average molecular weight is 469 g/mol. The molecule has 5 heteroatoms. The van der Waals surface area contributed by atoms with Crippen LogP contribution < -0.4 is 9.47 Å². The summed E-state index contributed by atoms with van der Waals surface area (Å²) in [5, 5.41) is 0. The highest BCUT2D eigenvalue weighted by Crippen LogP contribution is 2.36. The predicted molar refractivity (Wildman–Crippen MR) is 122 cm³/mol. The van der Waals surface area contributed by atoms with Gasteiger partial charge in [0.05, 0.1) is 13.2 Å². The van der Waals surface area contributed by atoms with Crippen LogP contribution in [0, 0.1) is 0 Å². The first-order valence-electron chi connectivity index (χ1n) is 9.71. The van der Waals surface area contributed by atoms with Crippen molar-refractivity contribution in [3.63, 3.8) is 0 Å². The van der Waals surface area contributed by atoms with E-state index in [4.69, 9.17) is 18.9 Å². The Kier molecular flexibility index (Phi) is 8.97. The molecule has 0 heterocycles. The standard InChI is InChI=1S/C25H25BrO4/c1-2-9-22-14-23(29-18-27-16-20-10-5-3-6-11-20)25(26)24(15-22)30-19-28-17-21-12-7-4-8-13-21/h2-15H,16-19H2,1H3/b9-2+. The maximum atomic E-state index is 5.84. The quantitative estimate of drug-likeness (QED) is 0.235. The Labute approximate surface area is 186 Å². The van der Waals surface area contributed by atoms with E-state index in [1.807, 2.05) is 91.9 Å². The molecular formula is C25H25BrO4. The molecule has 3 rings (SSSR count). The maximum Gasteiger partial charge on any atom is 0.189 e. The van der Waals surface area contributed by atoms with E-state index in [9.17, 15) is 0 Å². The molecular weight excluding hydrogens is 444 g/mol. The largest absolute Gasteiger partial charge is 0.466 e. The van der Waals surface area contributed by atoms with Crippen molar-refractivity contribution in [3.05, 3.63) is 100 Å². The second-order valence-corrected chi connectivity index (χ2v) is 7.32. The van der Waals surface area contributed by atoms with E-state index >= 15 is 0 Å². The molecule has 30 heavy (non-hydrogen) atoms. The smallest absolute Gasteiger partial charge is 0.189 e. The van der Waals surface area contributed by atoms with Gasteiger partial charge in [-0.15, -0.1) is 0 Å². The van der Waals surface area contributed by atoms with Crippen molar-refractivity contribution in [2.75, 3.05) is 13.6 Å². The van der Waals surface area contributed by atoms with Crippen LogP contribution in [0.15, 0.2) is 83.3 Å². The van der Waals surface area contributed by atoms with Gasteiger partial charge in [-0.25, -0.2) is 0 Å². The number of halogens is 1. The Morgan fingerprint density at radius 2 is 1.20 bits per heavy atom. The summed E-state index contributed by atoms with van der Waals surface area (Å²) in [7, 11) is 0. The third-order valence-electron chi connectivity index (χ3n) is 4.21. The van der Waals surface area contributed by atoms with E-state index in [1.165, 1.54) is 0 Å². The van der Waals surface area contributed by atoms with Crippen molar-refractivity contribution in [3.8, 4) is 11.5 Å². The molecule has 0 unspecified atom stereocenters. The highest BCUT2D eigenvalue weighted by atomic mass is 79.9. The summed E-state index contributed by atoms with van der Waals surface area (Å²) in [6.07, 6.45) is 3.95. The van der Waals surface area contributed by atoms with Crippen LogP contribution in [0.25, 0.3) is 6.08 Å². The van der Waals surface area contributed by atoms with Gasteiger partial charge in [-0.1, -0.05) is 72.8 Å². The van der Waals surface area contributed by atoms with Crippen molar-refractivity contribution in [1.29, 1.82) is 0 Å². The maximum absolute atomic E-state index is 5.84. The lowest BCUT2D eigenvalue weighted by atomic mass is 10.2. The van der Waals surface area contributed by atoms with Gasteiger partial charge in [-0.3, -0.25) is 0 Å². The second kappa shape index (κ2) is 12.2. The number of hydrogen-bond donors (Lipinski definition) is 0. The van der Waals surface area contributed by atoms with Gasteiger partial charge in [0.1, 0.15) is 16.0 Å². The van der Waals surface area contributed by atoms with Gasteiger partial charge in [-0.2, -0.15) is 0 Å². The molecule has 0 bridgehead atoms. The molecule has 0 saturated heterocycles. The van der Waals surface area contributed by atoms with Gasteiger partial charge in [-0.05, 0) is 51.7 Å². The zero-order chi connectivity index (χ0) is 21.0. The van der Waals surface area contributed by atoms with Crippen LogP contribution in [-0.2, 0) is 22.7 Å². The highest BCUT2D eigenvalue weighted by Gasteiger charge is 2.11. The fraction of sp³-hybridized carbons (Fsp3) is 0.200. The van der Waals surface area contributed by atoms with E-state index in [0.717, 1.165) is 21.2 Å². The third kappa shape index (κ3) is 7.02. The minimum absolute atomic E-state index is 0.136. The van der Waals surface area contributed by atoms with E-state index in [2.05, 4.69) is 15.9 Å². The first-order valence-corrected chi connectivity index (χ1v) is 10.5. The molecule has 4 nitrogen and oxygen atoms in total. The Morgan fingerprint density at radius 1 is 0.733 bits per heavy atom. The van der Waals surface area contributed by atoms with Crippen LogP contribution in [0.3, 0.4) is 0 Å². The van der Waals surface area contributed by atoms with Crippen LogP contribution in [0.1, 0.15) is 23.6 Å². The van der Waals surface area contributed by atoms with Gasteiger partial charge >= 0.3 is 0 Å². The minimum Gasteiger partial charge on any atom is -0.466 e. The number of ether oxygens (including phenoxy) is 4. The number of hydrogen-bond acceptors (Lipinski definition) is 4. The normalized spacial score (nSPS) is 11.0. The topological polar surface area (TPSA) is 36.9 Å². The first kappa shape index (κ1) is 22.1. The lowest BCUT2D eigenvalue weighted by Crippen LogP contribution is -2.06. The van der Waals surface area contributed by atoms with Crippen molar-refractivity contribution >= 4 is 22.0 Å². The number of allylic oxidation sites excluding steroid dienone is 1. The summed E-state index contributed by atoms with van der Waals surface area (Å²) in [6, 6.07) is 23.9. The zero-order valence-corrected chi connectivity index (χ0v) is 18.5. The van der Waals surface area contributed by atoms with Crippen LogP contribution in [0.5, 0.6) is 11.5 Å². The molecule has 156 valence electrons. The molecule has 0 spiro atoms. The van der Waals surface area contributed by atoms with Crippen molar-refractivity contribution in [2.45, 2.75) is 20.1 Å². The molecule has 0 radical (unpaired) electrons. The SMILES string of the molecule is C/C=C/c1cc(OCOCc2ccccc2)c(Br)c(OCOCc2ccccc2)c1. The van der Waals surface area contributed by atoms with E-state index in [0.29, 0.717) is 24.7 Å². The number of benzene rings is 3. The lowest BCUT2D eigenvalue weighted by molar-refractivity contribution is 0.000303. The van der Waals surface area contributed by atoms with Gasteiger partial charge in [0.15, 0.2) is 13.6 Å². The summed E-state index contributed by atoms with van der Waals surface area (Å²) in [4.78, 5) is 0. The van der Waals surface area contributed by atoms with E-state index in [1.54, 1.807) is 0 Å². The number of rotatable bonds is 11. The minimum atomic E-state index is 0.136. The molecule has 0 amide bonds. The van der Waals surface area contributed by atoms with Gasteiger partial charge in [0.25, 0.3) is 0 Å². The molecule has 0 saturated carbocycles. The average Bonchev–Trinajstić information content (AvgIpc) is 2.78. The van der Waals surface area contributed by atoms with Gasteiger partial charge in [0, 0.05) is 0 Å². The van der Waals surface area contributed by atoms with E-state index in [-0.39, 0.29) is 13.6 Å². The molecule has 0 fully saturated rings. The third-order valence-corrected chi connectivity index (χ3v) is 4.99. The lowest BCUT2D eigenvalue weighted by Gasteiger charge is -2.14. The summed E-state index contributed by atoms with van der Waals surface area (Å²) >= 11 is 3.58. The highest BCUT2D eigenvalue weighted by molar-refractivity contribution is 9.10. The molecule has 0 aliphatic rings. The summed E-state index contributed by atoms with van der Waals surface area (Å²) in [5.41, 5.74) is 3.17. The summed E-state index contributed by atoms with van der Waals surface area (Å²) in [5.74, 6) is 1.30. The monoisotopic (exact) mass is 468 g/mol. The fourth-order valence-corrected chi connectivity index (χ4v) is 3.23. The van der Waals surface area contributed by atoms with Crippen molar-refractivity contribution < 1.29 is 18.9 Å². The molecule has 0 atom stereocenters. The molecule has 3 aromatic carbocycles. The van der Waals surface area contributed by atoms with Crippen LogP contribution >= 0.6 is 15.9 Å². The fourth-order valence-electron chi connectivity index (χ4n) is 2.77. The summed E-state index contributed by atoms with van der Waals surface area (Å²) in [6.45, 7) is 3.22. The first-order chi connectivity index (χ1) is 14.8. The van der Waals surface area contributed by atoms with Gasteiger partial charge in [0.2, 0.25) is 0 Å². The Bertz CT molecular complexity index is 858. The van der Waals surface area contributed by atoms with Gasteiger partial charge < -0.3 is 18.9 Å². The molecule has 0 aromatic heterocycles. The van der Waals surface area contributed by atoms with Crippen LogP contribution in [0.2, 0.25) is 0 Å². The zero-order valence-electron chi connectivity index (χ0n) is 16.9. The Morgan fingerprint density at radius 3 is 1.63 bits per heavy atom. The van der Waals surface area contributed by atoms with Crippen LogP contribution in [-0.4, -0.2) is 13.6 Å². The second-order valence-electron chi connectivity index (χ2n) is 6.52. The molecule has 3 aromatic rings. The van der Waals surface area contributed by atoms with Crippen molar-refractivity contribution in [2.24, 2.45) is 0 Å². The molecule has 0 aliphatic heterocycles. The Hall–Kier alpha value is -2.60. The summed E-state index contributed by atoms with van der Waals surface area (Å²) < 4.78 is 23.7.